The molecule has 7 nitrogen and oxygen atoms in total. The number of rotatable bonds is 6. The van der Waals surface area contributed by atoms with E-state index in [-0.39, 0.29) is 27.4 Å². The van der Waals surface area contributed by atoms with Crippen LogP contribution in [0.3, 0.4) is 0 Å². The van der Waals surface area contributed by atoms with E-state index in [0.29, 0.717) is 24.3 Å². The summed E-state index contributed by atoms with van der Waals surface area (Å²) in [6.45, 7) is 0.617. The molecule has 1 saturated heterocycles. The molecule has 2 aromatic carbocycles. The lowest BCUT2D eigenvalue weighted by molar-refractivity contribution is -0.117. The molecule has 2 aliphatic rings. The molecule has 1 saturated carbocycles. The minimum Gasteiger partial charge on any atom is -0.322 e. The Labute approximate surface area is 174 Å². The van der Waals surface area contributed by atoms with Crippen LogP contribution in [0, 0.1) is 0 Å². The van der Waals surface area contributed by atoms with Gasteiger partial charge in [0.05, 0.1) is 15.5 Å². The molecule has 0 spiro atoms. The third kappa shape index (κ3) is 4.44. The number of hydrogen-bond donors (Lipinski definition) is 2. The SMILES string of the molecule is O=C(Nc1ccc(S(=O)(=O)NC2CC2)cc1)c1cc(N2CCCC2=O)ccc1Cl. The topological polar surface area (TPSA) is 95.6 Å². The number of sulfonamides is 1. The van der Waals surface area contributed by atoms with Gasteiger partial charge in [0.15, 0.2) is 0 Å². The molecule has 1 heterocycles. The van der Waals surface area contributed by atoms with Gasteiger partial charge in [0, 0.05) is 30.4 Å². The fraction of sp³-hybridized carbons (Fsp3) is 0.300. The van der Waals surface area contributed by atoms with Crippen molar-refractivity contribution in [1.29, 1.82) is 0 Å². The van der Waals surface area contributed by atoms with Crippen molar-refractivity contribution in [3.8, 4) is 0 Å². The molecule has 0 atom stereocenters. The number of nitrogens with zero attached hydrogens (tertiary/aromatic N) is 1. The summed E-state index contributed by atoms with van der Waals surface area (Å²) in [5.41, 5.74) is 1.32. The molecule has 0 unspecified atom stereocenters. The number of amides is 2. The van der Waals surface area contributed by atoms with E-state index in [2.05, 4.69) is 10.0 Å². The molecular weight excluding hydrogens is 414 g/mol. The Morgan fingerprint density at radius 3 is 2.45 bits per heavy atom. The maximum Gasteiger partial charge on any atom is 0.257 e. The average molecular weight is 434 g/mol. The zero-order chi connectivity index (χ0) is 20.6. The Balaban J connectivity index is 1.49. The van der Waals surface area contributed by atoms with Crippen LogP contribution >= 0.6 is 11.6 Å². The van der Waals surface area contributed by atoms with Crippen molar-refractivity contribution in [1.82, 2.24) is 4.72 Å². The van der Waals surface area contributed by atoms with Crippen LogP contribution in [-0.2, 0) is 14.8 Å². The summed E-state index contributed by atoms with van der Waals surface area (Å²) in [5.74, 6) is -0.412. The second-order valence-electron chi connectivity index (χ2n) is 7.19. The number of carbonyl (C=O) groups excluding carboxylic acids is 2. The highest BCUT2D eigenvalue weighted by atomic mass is 35.5. The molecule has 1 aliphatic carbocycles. The van der Waals surface area contributed by atoms with Crippen molar-refractivity contribution in [2.45, 2.75) is 36.6 Å². The smallest absolute Gasteiger partial charge is 0.257 e. The second-order valence-corrected chi connectivity index (χ2v) is 9.31. The van der Waals surface area contributed by atoms with E-state index in [4.69, 9.17) is 11.6 Å². The van der Waals surface area contributed by atoms with Crippen molar-refractivity contribution in [3.05, 3.63) is 53.1 Å². The molecule has 0 radical (unpaired) electrons. The highest BCUT2D eigenvalue weighted by Crippen LogP contribution is 2.28. The molecule has 152 valence electrons. The number of hydrogen-bond acceptors (Lipinski definition) is 4. The Kier molecular flexibility index (Phi) is 5.33. The van der Waals surface area contributed by atoms with Gasteiger partial charge < -0.3 is 10.2 Å². The van der Waals surface area contributed by atoms with Crippen LogP contribution in [0.15, 0.2) is 47.4 Å². The first kappa shape index (κ1) is 19.9. The van der Waals surface area contributed by atoms with Crippen LogP contribution in [0.5, 0.6) is 0 Å². The predicted molar refractivity (Wildman–Crippen MR) is 111 cm³/mol. The Hall–Kier alpha value is -2.42. The molecule has 1 aliphatic heterocycles. The Morgan fingerprint density at radius 1 is 1.10 bits per heavy atom. The monoisotopic (exact) mass is 433 g/mol. The molecular formula is C20H20ClN3O4S. The van der Waals surface area contributed by atoms with Gasteiger partial charge in [-0.05, 0) is 61.7 Å². The van der Waals surface area contributed by atoms with Crippen molar-refractivity contribution in [3.63, 3.8) is 0 Å². The van der Waals surface area contributed by atoms with Gasteiger partial charge in [-0.25, -0.2) is 13.1 Å². The normalized spacial score (nSPS) is 16.9. The largest absolute Gasteiger partial charge is 0.322 e. The van der Waals surface area contributed by atoms with E-state index < -0.39 is 15.9 Å². The Bertz CT molecular complexity index is 1070. The van der Waals surface area contributed by atoms with Gasteiger partial charge in [-0.2, -0.15) is 0 Å². The molecule has 0 aromatic heterocycles. The maximum atomic E-state index is 12.7. The average Bonchev–Trinajstić information content (AvgIpc) is 3.39. The molecule has 4 rings (SSSR count). The van der Waals surface area contributed by atoms with E-state index in [9.17, 15) is 18.0 Å². The first-order chi connectivity index (χ1) is 13.8. The van der Waals surface area contributed by atoms with E-state index >= 15 is 0 Å². The fourth-order valence-electron chi connectivity index (χ4n) is 3.18. The van der Waals surface area contributed by atoms with Gasteiger partial charge in [-0.3, -0.25) is 9.59 Å². The third-order valence-electron chi connectivity index (χ3n) is 4.90. The third-order valence-corrected chi connectivity index (χ3v) is 6.77. The summed E-state index contributed by atoms with van der Waals surface area (Å²) < 4.78 is 27.1. The van der Waals surface area contributed by atoms with Crippen molar-refractivity contribution in [2.75, 3.05) is 16.8 Å². The second kappa shape index (κ2) is 7.78. The molecule has 9 heteroatoms. The van der Waals surface area contributed by atoms with Gasteiger partial charge in [0.1, 0.15) is 0 Å². The number of halogens is 1. The number of nitrogens with one attached hydrogen (secondary N) is 2. The van der Waals surface area contributed by atoms with Gasteiger partial charge in [-0.1, -0.05) is 11.6 Å². The van der Waals surface area contributed by atoms with Crippen molar-refractivity contribution >= 4 is 44.8 Å². The summed E-state index contributed by atoms with van der Waals surface area (Å²) in [7, 11) is -3.54. The molecule has 2 amide bonds. The summed E-state index contributed by atoms with van der Waals surface area (Å²) in [6, 6.07) is 10.9. The minimum atomic E-state index is -3.54. The summed E-state index contributed by atoms with van der Waals surface area (Å²) in [5, 5.41) is 2.99. The molecule has 2 N–H and O–H groups in total. The van der Waals surface area contributed by atoms with Crippen LogP contribution in [0.1, 0.15) is 36.0 Å². The van der Waals surface area contributed by atoms with E-state index in [1.807, 2.05) is 0 Å². The van der Waals surface area contributed by atoms with E-state index in [1.165, 1.54) is 24.3 Å². The lowest BCUT2D eigenvalue weighted by Crippen LogP contribution is -2.25. The number of benzene rings is 2. The van der Waals surface area contributed by atoms with Gasteiger partial charge in [-0.15, -0.1) is 0 Å². The highest BCUT2D eigenvalue weighted by Gasteiger charge is 2.28. The summed E-state index contributed by atoms with van der Waals surface area (Å²) in [4.78, 5) is 26.4. The fourth-order valence-corrected chi connectivity index (χ4v) is 4.69. The van der Waals surface area contributed by atoms with Crippen LogP contribution in [-0.4, -0.2) is 32.8 Å². The summed E-state index contributed by atoms with van der Waals surface area (Å²) >= 11 is 6.19. The van der Waals surface area contributed by atoms with Crippen molar-refractivity contribution < 1.29 is 18.0 Å². The zero-order valence-electron chi connectivity index (χ0n) is 15.5. The van der Waals surface area contributed by atoms with Gasteiger partial charge in [0.25, 0.3) is 5.91 Å². The van der Waals surface area contributed by atoms with Crippen LogP contribution in [0.2, 0.25) is 5.02 Å². The molecule has 0 bridgehead atoms. The first-order valence-corrected chi connectivity index (χ1v) is 11.2. The Morgan fingerprint density at radius 2 is 1.83 bits per heavy atom. The van der Waals surface area contributed by atoms with Crippen LogP contribution in [0.25, 0.3) is 0 Å². The summed E-state index contributed by atoms with van der Waals surface area (Å²) in [6.07, 6.45) is 3.00. The predicted octanol–water partition coefficient (Wildman–Crippen LogP) is 3.16. The maximum absolute atomic E-state index is 12.7. The zero-order valence-corrected chi connectivity index (χ0v) is 17.1. The standard InChI is InChI=1S/C20H20ClN3O4S/c21-18-10-7-15(24-11-1-2-19(24)25)12-17(18)20(26)22-13-5-8-16(9-6-13)29(27,28)23-14-3-4-14/h5-10,12,14,23H,1-4,11H2,(H,22,26). The lowest BCUT2D eigenvalue weighted by atomic mass is 10.1. The number of anilines is 2. The van der Waals surface area contributed by atoms with Crippen molar-refractivity contribution in [2.24, 2.45) is 0 Å². The van der Waals surface area contributed by atoms with E-state index in [0.717, 1.165) is 19.3 Å². The van der Waals surface area contributed by atoms with Crippen LogP contribution in [0.4, 0.5) is 11.4 Å². The number of carbonyl (C=O) groups is 2. The van der Waals surface area contributed by atoms with Crippen LogP contribution < -0.4 is 14.9 Å². The van der Waals surface area contributed by atoms with Gasteiger partial charge in [0.2, 0.25) is 15.9 Å². The van der Waals surface area contributed by atoms with E-state index in [1.54, 1.807) is 23.1 Å². The molecule has 2 fully saturated rings. The highest BCUT2D eigenvalue weighted by molar-refractivity contribution is 7.89. The minimum absolute atomic E-state index is 0.0234. The molecule has 2 aromatic rings. The lowest BCUT2D eigenvalue weighted by Gasteiger charge is -2.17. The molecule has 29 heavy (non-hydrogen) atoms. The first-order valence-electron chi connectivity index (χ1n) is 9.37. The quantitative estimate of drug-likeness (QED) is 0.731. The van der Waals surface area contributed by atoms with Gasteiger partial charge >= 0.3 is 0 Å².